The van der Waals surface area contributed by atoms with Crippen molar-refractivity contribution in [1.29, 1.82) is 0 Å². The Morgan fingerprint density at radius 1 is 1.11 bits per heavy atom. The molecule has 3 heterocycles. The van der Waals surface area contributed by atoms with Gasteiger partial charge in [0.05, 0.1) is 13.1 Å². The molecule has 0 saturated carbocycles. The topological polar surface area (TPSA) is 73.8 Å². The number of aliphatic imine (C=N–C) groups is 1. The van der Waals surface area contributed by atoms with Crippen molar-refractivity contribution in [3.05, 3.63) is 39.4 Å². The van der Waals surface area contributed by atoms with E-state index in [9.17, 15) is 8.42 Å². The molecule has 0 atom stereocenters. The number of nitrogens with zero attached hydrogens (tertiary/aromatic N) is 2. The Bertz CT molecular complexity index is 828. The molecule has 0 unspecified atom stereocenters. The molecule has 2 aromatic heterocycles. The highest BCUT2D eigenvalue weighted by Crippen LogP contribution is 2.27. The zero-order valence-electron chi connectivity index (χ0n) is 15.2. The maximum atomic E-state index is 12.7. The molecule has 0 bridgehead atoms. The molecule has 1 aliphatic heterocycles. The van der Waals surface area contributed by atoms with Crippen LogP contribution in [0.15, 0.2) is 38.8 Å². The molecule has 0 aromatic carbocycles. The smallest absolute Gasteiger partial charge is 0.252 e. The SMILES string of the molecule is CN=C(NCc1cccs1)NCc1ccc(S(=O)(=O)N2CCCCC2)s1.I. The highest BCUT2D eigenvalue weighted by atomic mass is 127. The molecular weight excluding hydrogens is 515 g/mol. The van der Waals surface area contributed by atoms with Gasteiger partial charge in [-0.25, -0.2) is 8.42 Å². The molecule has 27 heavy (non-hydrogen) atoms. The fraction of sp³-hybridized carbons (Fsp3) is 0.471. The molecule has 1 aliphatic rings. The van der Waals surface area contributed by atoms with Gasteiger partial charge in [-0.3, -0.25) is 4.99 Å². The van der Waals surface area contributed by atoms with Crippen molar-refractivity contribution < 1.29 is 8.42 Å². The monoisotopic (exact) mass is 540 g/mol. The Kier molecular flexibility index (Phi) is 8.99. The first-order valence-electron chi connectivity index (χ1n) is 8.65. The molecule has 2 N–H and O–H groups in total. The fourth-order valence-corrected chi connectivity index (χ4v) is 6.41. The Labute approximate surface area is 186 Å². The van der Waals surface area contributed by atoms with Crippen LogP contribution >= 0.6 is 46.7 Å². The summed E-state index contributed by atoms with van der Waals surface area (Å²) in [6.45, 7) is 2.53. The van der Waals surface area contributed by atoms with Crippen molar-refractivity contribution in [3.63, 3.8) is 0 Å². The van der Waals surface area contributed by atoms with E-state index in [-0.39, 0.29) is 24.0 Å². The largest absolute Gasteiger partial charge is 0.352 e. The van der Waals surface area contributed by atoms with Gasteiger partial charge in [0.15, 0.2) is 5.96 Å². The normalized spacial score (nSPS) is 16.0. The van der Waals surface area contributed by atoms with Gasteiger partial charge in [-0.1, -0.05) is 12.5 Å². The van der Waals surface area contributed by atoms with Crippen LogP contribution in [0.1, 0.15) is 29.0 Å². The lowest BCUT2D eigenvalue weighted by Gasteiger charge is -2.25. The highest BCUT2D eigenvalue weighted by Gasteiger charge is 2.27. The van der Waals surface area contributed by atoms with Crippen LogP contribution in [0, 0.1) is 0 Å². The van der Waals surface area contributed by atoms with Crippen LogP contribution < -0.4 is 10.6 Å². The van der Waals surface area contributed by atoms with Gasteiger partial charge in [-0.2, -0.15) is 4.31 Å². The van der Waals surface area contributed by atoms with Crippen molar-refractivity contribution in [3.8, 4) is 0 Å². The minimum absolute atomic E-state index is 0. The Balaban J connectivity index is 0.00000261. The van der Waals surface area contributed by atoms with E-state index in [4.69, 9.17) is 0 Å². The average Bonchev–Trinajstić information content (AvgIpc) is 3.35. The molecule has 0 aliphatic carbocycles. The predicted molar refractivity (Wildman–Crippen MR) is 124 cm³/mol. The average molecular weight is 541 g/mol. The van der Waals surface area contributed by atoms with Crippen molar-refractivity contribution in [2.45, 2.75) is 36.6 Å². The van der Waals surface area contributed by atoms with Gasteiger partial charge in [-0.05, 0) is 36.4 Å². The summed E-state index contributed by atoms with van der Waals surface area (Å²) in [5, 5.41) is 8.54. The molecule has 0 amide bonds. The number of rotatable bonds is 6. The lowest BCUT2D eigenvalue weighted by Crippen LogP contribution is -2.36. The number of hydrogen-bond donors (Lipinski definition) is 2. The third kappa shape index (κ3) is 6.14. The molecule has 150 valence electrons. The number of hydrogen-bond acceptors (Lipinski definition) is 5. The summed E-state index contributed by atoms with van der Waals surface area (Å²) in [6, 6.07) is 7.68. The summed E-state index contributed by atoms with van der Waals surface area (Å²) in [5.74, 6) is 0.701. The Hall–Kier alpha value is -0.690. The second-order valence-electron chi connectivity index (χ2n) is 6.04. The van der Waals surface area contributed by atoms with Gasteiger partial charge < -0.3 is 10.6 Å². The van der Waals surface area contributed by atoms with Crippen LogP contribution in [0.5, 0.6) is 0 Å². The van der Waals surface area contributed by atoms with Crippen LogP contribution in [0.2, 0.25) is 0 Å². The molecule has 1 saturated heterocycles. The quantitative estimate of drug-likeness (QED) is 0.335. The van der Waals surface area contributed by atoms with E-state index >= 15 is 0 Å². The van der Waals surface area contributed by atoms with Gasteiger partial charge in [0.1, 0.15) is 4.21 Å². The number of thiophene rings is 2. The molecule has 1 fully saturated rings. The minimum atomic E-state index is -3.35. The molecule has 2 aromatic rings. The van der Waals surface area contributed by atoms with E-state index in [0.717, 1.165) is 30.7 Å². The Morgan fingerprint density at radius 3 is 2.44 bits per heavy atom. The van der Waals surface area contributed by atoms with Gasteiger partial charge >= 0.3 is 0 Å². The first-order valence-corrected chi connectivity index (χ1v) is 11.8. The van der Waals surface area contributed by atoms with E-state index in [1.807, 2.05) is 17.5 Å². The van der Waals surface area contributed by atoms with Gasteiger partial charge in [0, 0.05) is 29.9 Å². The zero-order chi connectivity index (χ0) is 18.4. The predicted octanol–water partition coefficient (Wildman–Crippen LogP) is 3.47. The van der Waals surface area contributed by atoms with Crippen molar-refractivity contribution in [1.82, 2.24) is 14.9 Å². The fourth-order valence-electron chi connectivity index (χ4n) is 2.80. The highest BCUT2D eigenvalue weighted by molar-refractivity contribution is 14.0. The molecule has 6 nitrogen and oxygen atoms in total. The first-order chi connectivity index (χ1) is 12.6. The zero-order valence-corrected chi connectivity index (χ0v) is 20.0. The second-order valence-corrected chi connectivity index (χ2v) is 10.4. The maximum Gasteiger partial charge on any atom is 0.252 e. The van der Waals surface area contributed by atoms with E-state index in [2.05, 4.69) is 21.7 Å². The third-order valence-electron chi connectivity index (χ3n) is 4.21. The molecule has 0 spiro atoms. The standard InChI is InChI=1S/C17H24N4O2S3.HI/c1-18-17(19-12-14-6-5-11-24-14)20-13-15-7-8-16(25-15)26(22,23)21-9-3-2-4-10-21;/h5-8,11H,2-4,9-10,12-13H2,1H3,(H2,18,19,20);1H. The second kappa shape index (κ2) is 10.7. The first kappa shape index (κ1) is 22.6. The lowest BCUT2D eigenvalue weighted by molar-refractivity contribution is 0.347. The summed E-state index contributed by atoms with van der Waals surface area (Å²) < 4.78 is 27.5. The van der Waals surface area contributed by atoms with E-state index in [1.54, 1.807) is 28.8 Å². The van der Waals surface area contributed by atoms with Crippen LogP contribution in [-0.2, 0) is 23.1 Å². The summed E-state index contributed by atoms with van der Waals surface area (Å²) in [6.07, 6.45) is 3.01. The number of sulfonamides is 1. The Morgan fingerprint density at radius 2 is 1.81 bits per heavy atom. The van der Waals surface area contributed by atoms with E-state index in [1.165, 1.54) is 16.2 Å². The number of piperidine rings is 1. The lowest BCUT2D eigenvalue weighted by atomic mass is 10.2. The summed E-state index contributed by atoms with van der Waals surface area (Å²) >= 11 is 3.02. The summed E-state index contributed by atoms with van der Waals surface area (Å²) in [5.41, 5.74) is 0. The number of nitrogens with one attached hydrogen (secondary N) is 2. The van der Waals surface area contributed by atoms with Crippen LogP contribution in [0.25, 0.3) is 0 Å². The van der Waals surface area contributed by atoms with Gasteiger partial charge in [-0.15, -0.1) is 46.7 Å². The van der Waals surface area contributed by atoms with Crippen LogP contribution in [0.4, 0.5) is 0 Å². The third-order valence-corrected chi connectivity index (χ3v) is 8.54. The maximum absolute atomic E-state index is 12.7. The number of guanidine groups is 1. The van der Waals surface area contributed by atoms with Gasteiger partial charge in [0.25, 0.3) is 10.0 Å². The van der Waals surface area contributed by atoms with Crippen LogP contribution in [-0.4, -0.2) is 38.8 Å². The van der Waals surface area contributed by atoms with E-state index in [0.29, 0.717) is 29.8 Å². The van der Waals surface area contributed by atoms with Crippen molar-refractivity contribution >= 4 is 62.6 Å². The molecule has 3 rings (SSSR count). The van der Waals surface area contributed by atoms with Crippen LogP contribution in [0.3, 0.4) is 0 Å². The summed E-state index contributed by atoms with van der Waals surface area (Å²) in [7, 11) is -1.62. The number of halogens is 1. The van der Waals surface area contributed by atoms with Gasteiger partial charge in [0.2, 0.25) is 0 Å². The minimum Gasteiger partial charge on any atom is -0.352 e. The van der Waals surface area contributed by atoms with E-state index < -0.39 is 10.0 Å². The summed E-state index contributed by atoms with van der Waals surface area (Å²) in [4.78, 5) is 6.42. The van der Waals surface area contributed by atoms with Crippen molar-refractivity contribution in [2.24, 2.45) is 4.99 Å². The molecule has 0 radical (unpaired) electrons. The van der Waals surface area contributed by atoms with Crippen molar-refractivity contribution in [2.75, 3.05) is 20.1 Å². The molecular formula is C17H25IN4O2S3. The molecule has 10 heteroatoms.